The Bertz CT molecular complexity index is 308. The van der Waals surface area contributed by atoms with Gasteiger partial charge in [0.2, 0.25) is 12.1 Å². The molecule has 0 spiro atoms. The third kappa shape index (κ3) is 2.07. The molecule has 2 aliphatic heterocycles. The average Bonchev–Trinajstić information content (AvgIpc) is 2.59. The molecule has 2 aliphatic rings. The highest BCUT2D eigenvalue weighted by Crippen LogP contribution is 2.16. The molecule has 2 fully saturated rings. The molecule has 0 aromatic carbocycles. The number of aliphatic hydroxyl groups is 2. The summed E-state index contributed by atoms with van der Waals surface area (Å²) in [6.45, 7) is 0.0890. The molecule has 0 saturated carbocycles. The van der Waals surface area contributed by atoms with E-state index >= 15 is 0 Å². The maximum Gasteiger partial charge on any atom is 0.423 e. The molecule has 0 aliphatic carbocycles. The van der Waals surface area contributed by atoms with Gasteiger partial charge in [0.25, 0.3) is 0 Å². The van der Waals surface area contributed by atoms with Gasteiger partial charge in [0.05, 0.1) is 32.1 Å². The molecule has 0 aromatic heterocycles. The van der Waals surface area contributed by atoms with E-state index in [-0.39, 0.29) is 18.9 Å². The number of carbonyl (C=O) groups is 2. The lowest BCUT2D eigenvalue weighted by Gasteiger charge is -2.25. The van der Waals surface area contributed by atoms with E-state index in [9.17, 15) is 14.7 Å². The molecule has 0 bridgehead atoms. The fourth-order valence-electron chi connectivity index (χ4n) is 2.06. The first-order valence-electron chi connectivity index (χ1n) is 5.26. The molecule has 3 amide bonds. The third-order valence-electron chi connectivity index (χ3n) is 2.96. The molecule has 7 nitrogen and oxygen atoms in total. The van der Waals surface area contributed by atoms with Crippen LogP contribution >= 0.6 is 0 Å². The maximum atomic E-state index is 11.5. The summed E-state index contributed by atoms with van der Waals surface area (Å²) in [5, 5.41) is 20.7. The molecule has 2 saturated heterocycles. The van der Waals surface area contributed by atoms with Crippen molar-refractivity contribution in [3.05, 3.63) is 0 Å². The fraction of sp³-hybridized carbons (Fsp3) is 0.778. The number of nitrogens with one attached hydrogen (secondary N) is 2. The van der Waals surface area contributed by atoms with Crippen molar-refractivity contribution in [2.24, 2.45) is 0 Å². The van der Waals surface area contributed by atoms with Gasteiger partial charge in [0, 0.05) is 0 Å². The zero-order valence-electron chi connectivity index (χ0n) is 8.68. The van der Waals surface area contributed by atoms with E-state index in [1.165, 1.54) is 0 Å². The Balaban J connectivity index is 1.98. The number of ether oxygens (including phenoxy) is 1. The molecule has 0 aromatic rings. The van der Waals surface area contributed by atoms with E-state index in [1.54, 1.807) is 0 Å². The fourth-order valence-corrected chi connectivity index (χ4v) is 2.06. The summed E-state index contributed by atoms with van der Waals surface area (Å²) in [5.74, 6) is -0.286. The van der Waals surface area contributed by atoms with Crippen LogP contribution in [0.2, 0.25) is 0 Å². The van der Waals surface area contributed by atoms with Gasteiger partial charge in [-0.3, -0.25) is 4.79 Å². The number of amides is 3. The summed E-state index contributed by atoms with van der Waals surface area (Å²) in [6, 6.07) is -0.424. The van der Waals surface area contributed by atoms with Crippen LogP contribution in [0, 0.1) is 0 Å². The minimum absolute atomic E-state index is 0.265. The summed E-state index contributed by atoms with van der Waals surface area (Å²) in [4.78, 5) is 22.9. The van der Waals surface area contributed by atoms with E-state index in [0.717, 1.165) is 0 Å². The Labute approximate surface area is 92.0 Å². The van der Waals surface area contributed by atoms with E-state index in [4.69, 9.17) is 9.84 Å². The van der Waals surface area contributed by atoms with Crippen molar-refractivity contribution >= 4 is 11.9 Å². The largest absolute Gasteiger partial charge is 0.423 e. The highest BCUT2D eigenvalue weighted by atomic mass is 16.5. The van der Waals surface area contributed by atoms with Gasteiger partial charge < -0.3 is 14.9 Å². The van der Waals surface area contributed by atoms with Crippen LogP contribution in [0.1, 0.15) is 12.8 Å². The van der Waals surface area contributed by atoms with Gasteiger partial charge >= 0.3 is 6.03 Å². The Morgan fingerprint density at radius 1 is 1.50 bits per heavy atom. The predicted molar refractivity (Wildman–Crippen MR) is 50.4 cm³/mol. The average molecular weight is 231 g/mol. The van der Waals surface area contributed by atoms with Crippen LogP contribution in [-0.2, 0) is 9.53 Å². The number of urea groups is 1. The Hall–Kier alpha value is -1.02. The van der Waals surface area contributed by atoms with Crippen molar-refractivity contribution in [2.75, 3.05) is 13.2 Å². The number of quaternary nitrogens is 1. The molecule has 16 heavy (non-hydrogen) atoms. The third-order valence-corrected chi connectivity index (χ3v) is 2.96. The summed E-state index contributed by atoms with van der Waals surface area (Å²) >= 11 is 0. The van der Waals surface area contributed by atoms with Crippen LogP contribution in [0.5, 0.6) is 0 Å². The van der Waals surface area contributed by atoms with Gasteiger partial charge in [-0.05, 0) is 0 Å². The monoisotopic (exact) mass is 231 g/mol. The van der Waals surface area contributed by atoms with Gasteiger partial charge in [-0.25, -0.2) is 15.0 Å². The second-order valence-electron chi connectivity index (χ2n) is 4.05. The normalized spacial score (nSPS) is 39.9. The lowest BCUT2D eigenvalue weighted by molar-refractivity contribution is -0.870. The van der Waals surface area contributed by atoms with Crippen molar-refractivity contribution in [1.29, 1.82) is 0 Å². The van der Waals surface area contributed by atoms with E-state index in [1.807, 2.05) is 0 Å². The van der Waals surface area contributed by atoms with Gasteiger partial charge in [0.1, 0.15) is 6.10 Å². The van der Waals surface area contributed by atoms with Crippen LogP contribution in [0.15, 0.2) is 0 Å². The van der Waals surface area contributed by atoms with Gasteiger partial charge in [-0.2, -0.15) is 0 Å². The van der Waals surface area contributed by atoms with Crippen molar-refractivity contribution in [3.8, 4) is 0 Å². The Morgan fingerprint density at radius 3 is 2.81 bits per heavy atom. The summed E-state index contributed by atoms with van der Waals surface area (Å²) in [5.41, 5.74) is 0. The quantitative estimate of drug-likeness (QED) is 0.405. The maximum absolute atomic E-state index is 11.5. The van der Waals surface area contributed by atoms with Gasteiger partial charge in [-0.1, -0.05) is 0 Å². The van der Waals surface area contributed by atoms with E-state index in [0.29, 0.717) is 17.9 Å². The van der Waals surface area contributed by atoms with Gasteiger partial charge in [0.15, 0.2) is 0 Å². The van der Waals surface area contributed by atoms with Crippen LogP contribution < -0.4 is 10.2 Å². The van der Waals surface area contributed by atoms with Crippen molar-refractivity contribution in [2.45, 2.75) is 31.3 Å². The van der Waals surface area contributed by atoms with Crippen LogP contribution in [0.25, 0.3) is 0 Å². The van der Waals surface area contributed by atoms with E-state index in [2.05, 4.69) is 5.32 Å². The summed E-state index contributed by atoms with van der Waals surface area (Å²) in [7, 11) is 0. The minimum atomic E-state index is -0.757. The SMILES string of the molecule is O=C1CC[NH+]([C@@H]2C[C@@H](O)[C@H](CO)O2)C(=O)N1. The van der Waals surface area contributed by atoms with Crippen molar-refractivity contribution in [1.82, 2.24) is 5.32 Å². The van der Waals surface area contributed by atoms with Crippen LogP contribution in [0.3, 0.4) is 0 Å². The first-order chi connectivity index (χ1) is 7.61. The van der Waals surface area contributed by atoms with Gasteiger partial charge in [-0.15, -0.1) is 0 Å². The number of hydrogen-bond acceptors (Lipinski definition) is 5. The first kappa shape index (κ1) is 11.5. The summed E-state index contributed by atoms with van der Waals surface area (Å²) < 4.78 is 5.36. The van der Waals surface area contributed by atoms with Crippen LogP contribution in [-0.4, -0.2) is 53.7 Å². The van der Waals surface area contributed by atoms with Crippen LogP contribution in [0.4, 0.5) is 4.79 Å². The number of rotatable bonds is 2. The zero-order valence-corrected chi connectivity index (χ0v) is 8.68. The molecule has 4 atom stereocenters. The molecular formula is C9H15N2O5+. The Morgan fingerprint density at radius 2 is 2.25 bits per heavy atom. The van der Waals surface area contributed by atoms with Crippen molar-refractivity contribution in [3.63, 3.8) is 0 Å². The highest BCUT2D eigenvalue weighted by Gasteiger charge is 2.44. The molecule has 2 heterocycles. The smallest absolute Gasteiger partial charge is 0.394 e. The second kappa shape index (κ2) is 4.46. The lowest BCUT2D eigenvalue weighted by atomic mass is 10.2. The summed E-state index contributed by atoms with van der Waals surface area (Å²) in [6.07, 6.45) is -1.32. The molecule has 4 N–H and O–H groups in total. The number of aliphatic hydroxyl groups excluding tert-OH is 2. The van der Waals surface area contributed by atoms with Crippen molar-refractivity contribution < 1.29 is 29.4 Å². The predicted octanol–water partition coefficient (Wildman–Crippen LogP) is -3.02. The molecule has 1 unspecified atom stereocenters. The molecule has 2 rings (SSSR count). The number of carbonyl (C=O) groups excluding carboxylic acids is 2. The minimum Gasteiger partial charge on any atom is -0.394 e. The van der Waals surface area contributed by atoms with E-state index < -0.39 is 24.5 Å². The molecule has 0 radical (unpaired) electrons. The zero-order chi connectivity index (χ0) is 11.7. The highest BCUT2D eigenvalue weighted by molar-refractivity contribution is 5.92. The number of hydrogen-bond donors (Lipinski definition) is 4. The number of imide groups is 1. The topological polar surface area (TPSA) is 100 Å². The first-order valence-corrected chi connectivity index (χ1v) is 5.26. The molecule has 7 heteroatoms. The Kier molecular flexibility index (Phi) is 3.20. The molecule has 90 valence electrons. The standard InChI is InChI=1S/C9H14N2O5/c12-4-6-5(13)3-8(16-6)11-2-1-7(14)10-9(11)15/h5-6,8,12-13H,1-4H2,(H,10,14,15)/p+1/t5-,6+,8+/m1/s1. The second-order valence-corrected chi connectivity index (χ2v) is 4.05. The lowest BCUT2D eigenvalue weighted by Crippen LogP contribution is -3.21. The molecular weight excluding hydrogens is 216 g/mol.